The molecular formula is C10H15N3O2. The molecule has 0 saturated heterocycles. The number of nitrogens with one attached hydrogen (secondary N) is 2. The van der Waals surface area contributed by atoms with E-state index >= 15 is 0 Å². The summed E-state index contributed by atoms with van der Waals surface area (Å²) in [6.45, 7) is 0.168. The Bertz CT molecular complexity index is 328. The molecule has 0 aliphatic carbocycles. The highest BCUT2D eigenvalue weighted by Gasteiger charge is 1.99. The van der Waals surface area contributed by atoms with Crippen LogP contribution in [0.4, 0.5) is 10.5 Å². The van der Waals surface area contributed by atoms with Crippen molar-refractivity contribution in [3.05, 3.63) is 29.8 Å². The summed E-state index contributed by atoms with van der Waals surface area (Å²) in [5.74, 6) is 4.94. The number of carbonyl (C=O) groups is 1. The number of urea groups is 1. The largest absolute Gasteiger partial charge is 0.396 e. The molecule has 0 aliphatic heterocycles. The summed E-state index contributed by atoms with van der Waals surface area (Å²) in [6.07, 6.45) is 1.50. The zero-order valence-electron chi connectivity index (χ0n) is 8.36. The van der Waals surface area contributed by atoms with Crippen molar-refractivity contribution in [2.75, 3.05) is 11.9 Å². The van der Waals surface area contributed by atoms with Crippen LogP contribution in [0, 0.1) is 0 Å². The third-order valence-electron chi connectivity index (χ3n) is 1.94. The fourth-order valence-electron chi connectivity index (χ4n) is 1.25. The maximum absolute atomic E-state index is 10.9. The molecule has 0 radical (unpaired) electrons. The van der Waals surface area contributed by atoms with Gasteiger partial charge in [-0.05, 0) is 30.5 Å². The number of aryl methyl sites for hydroxylation is 1. The Morgan fingerprint density at radius 3 is 2.93 bits per heavy atom. The number of benzene rings is 1. The van der Waals surface area contributed by atoms with Crippen molar-refractivity contribution in [3.63, 3.8) is 0 Å². The SMILES string of the molecule is NNC(=O)Nc1cccc(CCCO)c1. The van der Waals surface area contributed by atoms with Crippen LogP contribution in [0.15, 0.2) is 24.3 Å². The minimum Gasteiger partial charge on any atom is -0.396 e. The van der Waals surface area contributed by atoms with Gasteiger partial charge >= 0.3 is 6.03 Å². The summed E-state index contributed by atoms with van der Waals surface area (Å²) in [5.41, 5.74) is 3.74. The van der Waals surface area contributed by atoms with Gasteiger partial charge in [-0.1, -0.05) is 12.1 Å². The van der Waals surface area contributed by atoms with Gasteiger partial charge in [0.05, 0.1) is 0 Å². The second-order valence-electron chi connectivity index (χ2n) is 3.13. The van der Waals surface area contributed by atoms with Crippen LogP contribution >= 0.6 is 0 Å². The summed E-state index contributed by atoms with van der Waals surface area (Å²) < 4.78 is 0. The number of aliphatic hydroxyl groups excluding tert-OH is 1. The lowest BCUT2D eigenvalue weighted by molar-refractivity contribution is 0.252. The number of amides is 2. The van der Waals surface area contributed by atoms with Crippen molar-refractivity contribution >= 4 is 11.7 Å². The number of nitrogens with two attached hydrogens (primary N) is 1. The van der Waals surface area contributed by atoms with Crippen molar-refractivity contribution in [2.24, 2.45) is 5.84 Å². The number of hydrogen-bond donors (Lipinski definition) is 4. The minimum atomic E-state index is -0.450. The van der Waals surface area contributed by atoms with Crippen molar-refractivity contribution in [1.29, 1.82) is 0 Å². The van der Waals surface area contributed by atoms with Gasteiger partial charge in [-0.25, -0.2) is 10.6 Å². The molecule has 0 heterocycles. The summed E-state index contributed by atoms with van der Waals surface area (Å²) in [4.78, 5) is 10.9. The normalized spacial score (nSPS) is 9.73. The van der Waals surface area contributed by atoms with E-state index in [0.717, 1.165) is 12.0 Å². The van der Waals surface area contributed by atoms with Gasteiger partial charge in [0, 0.05) is 12.3 Å². The van der Waals surface area contributed by atoms with Crippen LogP contribution in [-0.4, -0.2) is 17.7 Å². The Hall–Kier alpha value is -1.59. The molecule has 15 heavy (non-hydrogen) atoms. The number of hydrazine groups is 1. The first-order valence-electron chi connectivity index (χ1n) is 4.73. The van der Waals surface area contributed by atoms with Crippen molar-refractivity contribution in [1.82, 2.24) is 5.43 Å². The monoisotopic (exact) mass is 209 g/mol. The predicted molar refractivity (Wildman–Crippen MR) is 58.2 cm³/mol. The molecular weight excluding hydrogens is 194 g/mol. The second kappa shape index (κ2) is 6.00. The standard InChI is InChI=1S/C10H15N3O2/c11-13-10(15)12-9-5-1-3-8(7-9)4-2-6-14/h1,3,5,7,14H,2,4,6,11H2,(H2,12,13,15). The van der Waals surface area contributed by atoms with Crippen LogP contribution in [0.3, 0.4) is 0 Å². The highest BCUT2D eigenvalue weighted by Crippen LogP contribution is 2.11. The van der Waals surface area contributed by atoms with E-state index in [1.54, 1.807) is 6.07 Å². The van der Waals surface area contributed by atoms with Crippen LogP contribution in [0.1, 0.15) is 12.0 Å². The lowest BCUT2D eigenvalue weighted by atomic mass is 10.1. The molecule has 0 aliphatic rings. The predicted octanol–water partition coefficient (Wildman–Crippen LogP) is 0.607. The van der Waals surface area contributed by atoms with Crippen molar-refractivity contribution < 1.29 is 9.90 Å². The molecule has 5 N–H and O–H groups in total. The van der Waals surface area contributed by atoms with E-state index in [1.165, 1.54) is 0 Å². The summed E-state index contributed by atoms with van der Waals surface area (Å²) in [5, 5.41) is 11.3. The van der Waals surface area contributed by atoms with Gasteiger partial charge in [-0.15, -0.1) is 0 Å². The van der Waals surface area contributed by atoms with E-state index in [9.17, 15) is 4.79 Å². The zero-order chi connectivity index (χ0) is 11.1. The number of anilines is 1. The smallest absolute Gasteiger partial charge is 0.333 e. The molecule has 1 rings (SSSR count). The fourth-order valence-corrected chi connectivity index (χ4v) is 1.25. The lowest BCUT2D eigenvalue weighted by Gasteiger charge is -2.06. The average molecular weight is 209 g/mol. The molecule has 0 spiro atoms. The molecule has 0 bridgehead atoms. The molecule has 0 atom stereocenters. The van der Waals surface area contributed by atoms with E-state index < -0.39 is 6.03 Å². The maximum Gasteiger partial charge on any atom is 0.333 e. The van der Waals surface area contributed by atoms with E-state index in [4.69, 9.17) is 10.9 Å². The number of hydrogen-bond acceptors (Lipinski definition) is 3. The Labute approximate surface area is 88.3 Å². The Kier molecular flexibility index (Phi) is 4.59. The van der Waals surface area contributed by atoms with Gasteiger partial charge in [0.15, 0.2) is 0 Å². The molecule has 0 fully saturated rings. The highest BCUT2D eigenvalue weighted by molar-refractivity contribution is 5.88. The fraction of sp³-hybridized carbons (Fsp3) is 0.300. The van der Waals surface area contributed by atoms with Gasteiger partial charge in [-0.3, -0.25) is 5.43 Å². The van der Waals surface area contributed by atoms with E-state index in [2.05, 4.69) is 5.32 Å². The first-order valence-corrected chi connectivity index (χ1v) is 4.73. The highest BCUT2D eigenvalue weighted by atomic mass is 16.2. The number of carbonyl (C=O) groups excluding carboxylic acids is 1. The number of rotatable bonds is 4. The molecule has 0 unspecified atom stereocenters. The van der Waals surface area contributed by atoms with Gasteiger partial charge in [0.2, 0.25) is 0 Å². The molecule has 0 saturated carbocycles. The van der Waals surface area contributed by atoms with Crippen LogP contribution in [0.2, 0.25) is 0 Å². The Balaban J connectivity index is 2.61. The van der Waals surface area contributed by atoms with Crippen LogP contribution in [0.5, 0.6) is 0 Å². The van der Waals surface area contributed by atoms with E-state index in [-0.39, 0.29) is 6.61 Å². The Morgan fingerprint density at radius 1 is 1.47 bits per heavy atom. The first kappa shape index (κ1) is 11.5. The molecule has 2 amide bonds. The molecule has 82 valence electrons. The van der Waals surface area contributed by atoms with Gasteiger partial charge < -0.3 is 10.4 Å². The number of aliphatic hydroxyl groups is 1. The molecule has 1 aromatic rings. The molecule has 5 nitrogen and oxygen atoms in total. The summed E-state index contributed by atoms with van der Waals surface area (Å²) in [7, 11) is 0. The molecule has 5 heteroatoms. The third kappa shape index (κ3) is 3.97. The maximum atomic E-state index is 10.9. The summed E-state index contributed by atoms with van der Waals surface area (Å²) >= 11 is 0. The zero-order valence-corrected chi connectivity index (χ0v) is 8.36. The minimum absolute atomic E-state index is 0.168. The molecule has 0 aromatic heterocycles. The second-order valence-corrected chi connectivity index (χ2v) is 3.13. The third-order valence-corrected chi connectivity index (χ3v) is 1.94. The molecule has 1 aromatic carbocycles. The van der Waals surface area contributed by atoms with Gasteiger partial charge in [0.1, 0.15) is 0 Å². The van der Waals surface area contributed by atoms with Crippen LogP contribution < -0.4 is 16.6 Å². The topological polar surface area (TPSA) is 87.4 Å². The van der Waals surface area contributed by atoms with Gasteiger partial charge in [0.25, 0.3) is 0 Å². The Morgan fingerprint density at radius 2 is 2.27 bits per heavy atom. The van der Waals surface area contributed by atoms with E-state index in [1.807, 2.05) is 23.6 Å². The van der Waals surface area contributed by atoms with Gasteiger partial charge in [-0.2, -0.15) is 0 Å². The average Bonchev–Trinajstić information content (AvgIpc) is 2.26. The van der Waals surface area contributed by atoms with Crippen LogP contribution in [-0.2, 0) is 6.42 Å². The van der Waals surface area contributed by atoms with Crippen molar-refractivity contribution in [3.8, 4) is 0 Å². The quantitative estimate of drug-likeness (QED) is 0.333. The van der Waals surface area contributed by atoms with E-state index in [0.29, 0.717) is 12.1 Å². The first-order chi connectivity index (χ1) is 7.26. The summed E-state index contributed by atoms with van der Waals surface area (Å²) in [6, 6.07) is 6.97. The van der Waals surface area contributed by atoms with Crippen LogP contribution in [0.25, 0.3) is 0 Å². The van der Waals surface area contributed by atoms with Crippen molar-refractivity contribution in [2.45, 2.75) is 12.8 Å². The lowest BCUT2D eigenvalue weighted by Crippen LogP contribution is -2.34.